The molecule has 1 heterocycles. The molecule has 3 rings (SSSR count). The molecule has 0 radical (unpaired) electrons. The molecular weight excluding hydrogens is 324 g/mol. The van der Waals surface area contributed by atoms with Crippen molar-refractivity contribution in [1.82, 2.24) is 0 Å². The third-order valence-corrected chi connectivity index (χ3v) is 5.29. The molecule has 0 saturated carbocycles. The number of carbonyl (C=O) groups is 2. The molecule has 1 aromatic heterocycles. The van der Waals surface area contributed by atoms with Gasteiger partial charge in [-0.1, -0.05) is 18.2 Å². The fourth-order valence-corrected chi connectivity index (χ4v) is 4.18. The Balaban J connectivity index is 1.76. The number of benzene rings is 1. The van der Waals surface area contributed by atoms with Crippen molar-refractivity contribution in [2.24, 2.45) is 5.73 Å². The van der Waals surface area contributed by atoms with Crippen LogP contribution in [0.15, 0.2) is 30.3 Å². The van der Waals surface area contributed by atoms with E-state index in [1.165, 1.54) is 11.3 Å². The van der Waals surface area contributed by atoms with Gasteiger partial charge >= 0.3 is 0 Å². The fraction of sp³-hybridized carbons (Fsp3) is 0.333. The molecule has 1 aliphatic rings. The molecule has 1 aliphatic carbocycles. The van der Waals surface area contributed by atoms with Gasteiger partial charge in [-0.2, -0.15) is 0 Å². The zero-order valence-corrected chi connectivity index (χ0v) is 14.3. The molecule has 6 heteroatoms. The highest BCUT2D eigenvalue weighted by atomic mass is 32.1. The minimum absolute atomic E-state index is 0.292. The first kappa shape index (κ1) is 16.5. The Morgan fingerprint density at radius 2 is 1.92 bits per heavy atom. The Labute approximate surface area is 144 Å². The Hall–Kier alpha value is -2.34. The summed E-state index contributed by atoms with van der Waals surface area (Å²) in [7, 11) is 0. The number of para-hydroxylation sites is 1. The van der Waals surface area contributed by atoms with Crippen LogP contribution in [0.1, 0.15) is 40.6 Å². The third kappa shape index (κ3) is 3.43. The van der Waals surface area contributed by atoms with E-state index in [-0.39, 0.29) is 5.91 Å². The van der Waals surface area contributed by atoms with E-state index in [2.05, 4.69) is 5.32 Å². The average molecular weight is 344 g/mol. The fourth-order valence-electron chi connectivity index (χ4n) is 2.88. The van der Waals surface area contributed by atoms with E-state index in [0.717, 1.165) is 36.1 Å². The molecule has 2 aromatic rings. The summed E-state index contributed by atoms with van der Waals surface area (Å²) in [4.78, 5) is 25.4. The Bertz CT molecular complexity index is 755. The van der Waals surface area contributed by atoms with Crippen molar-refractivity contribution in [1.29, 1.82) is 0 Å². The molecule has 5 nitrogen and oxygen atoms in total. The second kappa shape index (κ2) is 7.05. The normalized spacial score (nSPS) is 14.5. The molecule has 0 spiro atoms. The highest BCUT2D eigenvalue weighted by Crippen LogP contribution is 2.38. The molecule has 0 unspecified atom stereocenters. The largest absolute Gasteiger partial charge is 0.481 e. The van der Waals surface area contributed by atoms with Crippen LogP contribution in [0.2, 0.25) is 0 Å². The van der Waals surface area contributed by atoms with Crippen LogP contribution in [0.4, 0.5) is 5.00 Å². The van der Waals surface area contributed by atoms with Crippen LogP contribution >= 0.6 is 11.3 Å². The van der Waals surface area contributed by atoms with Crippen molar-refractivity contribution in [2.75, 3.05) is 5.32 Å². The summed E-state index contributed by atoms with van der Waals surface area (Å²) >= 11 is 1.45. The summed E-state index contributed by atoms with van der Waals surface area (Å²) in [5, 5.41) is 3.37. The summed E-state index contributed by atoms with van der Waals surface area (Å²) < 4.78 is 5.63. The van der Waals surface area contributed by atoms with Crippen LogP contribution in [0.3, 0.4) is 0 Å². The van der Waals surface area contributed by atoms with Gasteiger partial charge in [-0.05, 0) is 50.3 Å². The van der Waals surface area contributed by atoms with Gasteiger partial charge in [-0.25, -0.2) is 0 Å². The maximum Gasteiger partial charge on any atom is 0.265 e. The quantitative estimate of drug-likeness (QED) is 0.874. The zero-order chi connectivity index (χ0) is 17.1. The van der Waals surface area contributed by atoms with Gasteiger partial charge in [0.15, 0.2) is 6.10 Å². The summed E-state index contributed by atoms with van der Waals surface area (Å²) in [6.07, 6.45) is 3.26. The Kier molecular flexibility index (Phi) is 4.85. The van der Waals surface area contributed by atoms with Crippen LogP contribution in [0.25, 0.3) is 0 Å². The lowest BCUT2D eigenvalue weighted by Crippen LogP contribution is -2.30. The topological polar surface area (TPSA) is 81.4 Å². The monoisotopic (exact) mass is 344 g/mol. The lowest BCUT2D eigenvalue weighted by molar-refractivity contribution is -0.122. The SMILES string of the molecule is C[C@@H](Oc1ccccc1)C(=O)Nc1sc2c(c1C(N)=O)CCCC2. The Morgan fingerprint density at radius 1 is 1.21 bits per heavy atom. The minimum Gasteiger partial charge on any atom is -0.481 e. The van der Waals surface area contributed by atoms with Gasteiger partial charge in [0, 0.05) is 4.88 Å². The van der Waals surface area contributed by atoms with E-state index >= 15 is 0 Å². The standard InChI is InChI=1S/C18H20N2O3S/c1-11(23-12-7-3-2-4-8-12)17(22)20-18-15(16(19)21)13-9-5-6-10-14(13)24-18/h2-4,7-8,11H,5-6,9-10H2,1H3,(H2,19,21)(H,20,22)/t11-/m1/s1. The predicted molar refractivity (Wildman–Crippen MR) is 94.6 cm³/mol. The number of ether oxygens (including phenoxy) is 1. The number of amides is 2. The maximum atomic E-state index is 12.4. The number of nitrogens with one attached hydrogen (secondary N) is 1. The van der Waals surface area contributed by atoms with Crippen LogP contribution in [0.5, 0.6) is 5.75 Å². The van der Waals surface area contributed by atoms with E-state index in [0.29, 0.717) is 16.3 Å². The molecule has 0 bridgehead atoms. The van der Waals surface area contributed by atoms with E-state index in [1.54, 1.807) is 19.1 Å². The lowest BCUT2D eigenvalue weighted by Gasteiger charge is -2.14. The van der Waals surface area contributed by atoms with Gasteiger partial charge in [-0.15, -0.1) is 11.3 Å². The van der Waals surface area contributed by atoms with Crippen molar-refractivity contribution < 1.29 is 14.3 Å². The van der Waals surface area contributed by atoms with Crippen LogP contribution in [-0.4, -0.2) is 17.9 Å². The summed E-state index contributed by atoms with van der Waals surface area (Å²) in [5.41, 5.74) is 7.02. The third-order valence-electron chi connectivity index (χ3n) is 4.08. The predicted octanol–water partition coefficient (Wildman–Crippen LogP) is 3.13. The summed E-state index contributed by atoms with van der Waals surface area (Å²) in [5.74, 6) is -0.151. The van der Waals surface area contributed by atoms with Crippen LogP contribution in [0, 0.1) is 0 Å². The number of hydrogen-bond acceptors (Lipinski definition) is 4. The second-order valence-electron chi connectivity index (χ2n) is 5.84. The van der Waals surface area contributed by atoms with Gasteiger partial charge in [0.1, 0.15) is 10.8 Å². The first-order chi connectivity index (χ1) is 11.6. The summed E-state index contributed by atoms with van der Waals surface area (Å²) in [6, 6.07) is 9.16. The number of rotatable bonds is 5. The van der Waals surface area contributed by atoms with Crippen molar-refractivity contribution in [3.05, 3.63) is 46.3 Å². The van der Waals surface area contributed by atoms with E-state index in [9.17, 15) is 9.59 Å². The molecule has 0 aliphatic heterocycles. The molecule has 0 fully saturated rings. The molecule has 0 saturated heterocycles. The maximum absolute atomic E-state index is 12.4. The van der Waals surface area contributed by atoms with Gasteiger partial charge in [0.05, 0.1) is 5.56 Å². The van der Waals surface area contributed by atoms with Crippen LogP contribution in [-0.2, 0) is 17.6 Å². The number of carbonyl (C=O) groups excluding carboxylic acids is 2. The highest BCUT2D eigenvalue weighted by molar-refractivity contribution is 7.17. The minimum atomic E-state index is -0.674. The Morgan fingerprint density at radius 3 is 2.62 bits per heavy atom. The number of anilines is 1. The number of nitrogens with two attached hydrogens (primary N) is 1. The summed E-state index contributed by atoms with van der Waals surface area (Å²) in [6.45, 7) is 1.68. The van der Waals surface area contributed by atoms with E-state index in [1.807, 2.05) is 18.2 Å². The number of primary amides is 1. The molecular formula is C18H20N2O3S. The van der Waals surface area contributed by atoms with Gasteiger partial charge in [0.25, 0.3) is 11.8 Å². The van der Waals surface area contributed by atoms with Gasteiger partial charge in [-0.3, -0.25) is 9.59 Å². The average Bonchev–Trinajstić information content (AvgIpc) is 2.93. The second-order valence-corrected chi connectivity index (χ2v) is 6.95. The highest BCUT2D eigenvalue weighted by Gasteiger charge is 2.26. The van der Waals surface area contributed by atoms with Gasteiger partial charge < -0.3 is 15.8 Å². The van der Waals surface area contributed by atoms with Crippen molar-refractivity contribution in [2.45, 2.75) is 38.7 Å². The number of fused-ring (bicyclic) bond motifs is 1. The molecule has 126 valence electrons. The molecule has 2 amide bonds. The first-order valence-electron chi connectivity index (χ1n) is 8.03. The van der Waals surface area contributed by atoms with E-state index < -0.39 is 12.0 Å². The molecule has 3 N–H and O–H groups in total. The van der Waals surface area contributed by atoms with Crippen molar-refractivity contribution in [3.63, 3.8) is 0 Å². The number of hydrogen-bond donors (Lipinski definition) is 2. The first-order valence-corrected chi connectivity index (χ1v) is 8.85. The lowest BCUT2D eigenvalue weighted by atomic mass is 9.95. The van der Waals surface area contributed by atoms with Crippen molar-refractivity contribution in [3.8, 4) is 5.75 Å². The molecule has 1 aromatic carbocycles. The van der Waals surface area contributed by atoms with Gasteiger partial charge in [0.2, 0.25) is 0 Å². The smallest absolute Gasteiger partial charge is 0.265 e. The zero-order valence-electron chi connectivity index (χ0n) is 13.5. The number of thiophene rings is 1. The molecule has 24 heavy (non-hydrogen) atoms. The van der Waals surface area contributed by atoms with Crippen molar-refractivity contribution >= 4 is 28.2 Å². The molecule has 1 atom stereocenters. The van der Waals surface area contributed by atoms with Crippen LogP contribution < -0.4 is 15.8 Å². The van der Waals surface area contributed by atoms with E-state index in [4.69, 9.17) is 10.5 Å². The number of aryl methyl sites for hydroxylation is 1.